The molecule has 2 aromatic carbocycles. The van der Waals surface area contributed by atoms with Crippen molar-refractivity contribution in [1.82, 2.24) is 5.32 Å². The van der Waals surface area contributed by atoms with Crippen molar-refractivity contribution in [3.63, 3.8) is 0 Å². The number of amides is 1. The molecule has 0 aliphatic heterocycles. The van der Waals surface area contributed by atoms with Crippen LogP contribution in [0.3, 0.4) is 0 Å². The van der Waals surface area contributed by atoms with E-state index in [-0.39, 0.29) is 12.3 Å². The fourth-order valence-corrected chi connectivity index (χ4v) is 2.26. The van der Waals surface area contributed by atoms with Gasteiger partial charge in [-0.1, -0.05) is 24.3 Å². The predicted octanol–water partition coefficient (Wildman–Crippen LogP) is 2.44. The molecule has 5 nitrogen and oxygen atoms in total. The zero-order chi connectivity index (χ0) is 15.4. The second kappa shape index (κ2) is 6.26. The minimum atomic E-state index is -0.942. The van der Waals surface area contributed by atoms with Crippen molar-refractivity contribution in [2.75, 3.05) is 7.11 Å². The highest BCUT2D eigenvalue weighted by Crippen LogP contribution is 2.28. The number of aliphatic carboxylic acids is 1. The van der Waals surface area contributed by atoms with E-state index < -0.39 is 12.0 Å². The highest BCUT2D eigenvalue weighted by Gasteiger charge is 2.16. The number of benzene rings is 2. The summed E-state index contributed by atoms with van der Waals surface area (Å²) in [5, 5.41) is 13.1. The van der Waals surface area contributed by atoms with Crippen molar-refractivity contribution < 1.29 is 19.4 Å². The minimum absolute atomic E-state index is 0.111. The van der Waals surface area contributed by atoms with Gasteiger partial charge in [-0.2, -0.15) is 0 Å². The first kappa shape index (κ1) is 14.8. The van der Waals surface area contributed by atoms with E-state index in [1.807, 2.05) is 24.3 Å². The third-order valence-corrected chi connectivity index (χ3v) is 3.21. The van der Waals surface area contributed by atoms with Crippen LogP contribution in [0.2, 0.25) is 0 Å². The molecule has 0 saturated carbocycles. The molecular weight excluding hydrogens is 270 g/mol. The topological polar surface area (TPSA) is 75.6 Å². The molecule has 21 heavy (non-hydrogen) atoms. The van der Waals surface area contributed by atoms with Gasteiger partial charge in [0.15, 0.2) is 0 Å². The lowest BCUT2D eigenvalue weighted by Crippen LogP contribution is -2.34. The minimum Gasteiger partial charge on any atom is -0.496 e. The smallest absolute Gasteiger partial charge is 0.305 e. The first-order valence-corrected chi connectivity index (χ1v) is 6.61. The highest BCUT2D eigenvalue weighted by molar-refractivity contribution is 6.08. The Labute approximate surface area is 122 Å². The molecule has 2 aromatic rings. The van der Waals surface area contributed by atoms with Crippen LogP contribution in [-0.4, -0.2) is 30.1 Å². The third kappa shape index (κ3) is 3.31. The van der Waals surface area contributed by atoms with Gasteiger partial charge in [0.05, 0.1) is 13.5 Å². The molecule has 110 valence electrons. The molecule has 0 heterocycles. The Bertz CT molecular complexity index is 681. The summed E-state index contributed by atoms with van der Waals surface area (Å²) in [6.07, 6.45) is -0.111. The number of hydrogen-bond donors (Lipinski definition) is 2. The summed E-state index contributed by atoms with van der Waals surface area (Å²) >= 11 is 0. The Morgan fingerprint density at radius 1 is 1.19 bits per heavy atom. The molecule has 1 atom stereocenters. The van der Waals surface area contributed by atoms with Crippen molar-refractivity contribution in [2.45, 2.75) is 19.4 Å². The Balaban J connectivity index is 2.34. The average Bonchev–Trinajstić information content (AvgIpc) is 2.44. The van der Waals surface area contributed by atoms with Crippen molar-refractivity contribution >= 4 is 22.6 Å². The lowest BCUT2D eigenvalue weighted by Gasteiger charge is -2.14. The normalized spacial score (nSPS) is 11.9. The van der Waals surface area contributed by atoms with Gasteiger partial charge in [0.1, 0.15) is 5.75 Å². The standard InChI is InChI=1S/C16H17NO4/c1-10(9-15(18)19)17-16(20)13-7-8-14(21-2)12-6-4-3-5-11(12)13/h3-8,10H,9H2,1-2H3,(H,17,20)(H,18,19). The van der Waals surface area contributed by atoms with Crippen molar-refractivity contribution in [1.29, 1.82) is 0 Å². The molecule has 0 aliphatic carbocycles. The van der Waals surface area contributed by atoms with Gasteiger partial charge in [-0.05, 0) is 24.4 Å². The fraction of sp³-hybridized carbons (Fsp3) is 0.250. The number of ether oxygens (including phenoxy) is 1. The Morgan fingerprint density at radius 3 is 2.48 bits per heavy atom. The summed E-state index contributed by atoms with van der Waals surface area (Å²) in [5.74, 6) is -0.536. The molecule has 0 spiro atoms. The molecule has 0 radical (unpaired) electrons. The quantitative estimate of drug-likeness (QED) is 0.885. The molecule has 2 N–H and O–H groups in total. The summed E-state index contributed by atoms with van der Waals surface area (Å²) in [6, 6.07) is 10.4. The van der Waals surface area contributed by atoms with Crippen molar-refractivity contribution in [3.8, 4) is 5.75 Å². The summed E-state index contributed by atoms with van der Waals surface area (Å²) in [6.45, 7) is 1.66. The van der Waals surface area contributed by atoms with E-state index in [0.29, 0.717) is 11.3 Å². The zero-order valence-electron chi connectivity index (χ0n) is 11.9. The van der Waals surface area contributed by atoms with Crippen LogP contribution in [0.5, 0.6) is 5.75 Å². The number of carboxylic acids is 1. The van der Waals surface area contributed by atoms with Crippen LogP contribution in [0, 0.1) is 0 Å². The van der Waals surface area contributed by atoms with Crippen LogP contribution in [0.15, 0.2) is 36.4 Å². The molecule has 0 fully saturated rings. The molecule has 1 unspecified atom stereocenters. The average molecular weight is 287 g/mol. The van der Waals surface area contributed by atoms with E-state index in [0.717, 1.165) is 10.8 Å². The van der Waals surface area contributed by atoms with Gasteiger partial charge in [-0.25, -0.2) is 0 Å². The number of carboxylic acid groups (broad SMARTS) is 1. The monoisotopic (exact) mass is 287 g/mol. The number of carbonyl (C=O) groups excluding carboxylic acids is 1. The van der Waals surface area contributed by atoms with Gasteiger partial charge in [0, 0.05) is 17.0 Å². The van der Waals surface area contributed by atoms with Crippen molar-refractivity contribution in [2.24, 2.45) is 0 Å². The molecule has 2 rings (SSSR count). The Morgan fingerprint density at radius 2 is 1.86 bits per heavy atom. The Hall–Kier alpha value is -2.56. The third-order valence-electron chi connectivity index (χ3n) is 3.21. The SMILES string of the molecule is COc1ccc(C(=O)NC(C)CC(=O)O)c2ccccc12. The summed E-state index contributed by atoms with van der Waals surface area (Å²) in [5.41, 5.74) is 0.503. The molecule has 5 heteroatoms. The van der Waals surface area contributed by atoms with E-state index in [1.165, 1.54) is 0 Å². The molecule has 0 bridgehead atoms. The van der Waals surface area contributed by atoms with Gasteiger partial charge in [-0.3, -0.25) is 9.59 Å². The van der Waals surface area contributed by atoms with Gasteiger partial charge in [-0.15, -0.1) is 0 Å². The van der Waals surface area contributed by atoms with Crippen LogP contribution in [0.1, 0.15) is 23.7 Å². The first-order valence-electron chi connectivity index (χ1n) is 6.61. The highest BCUT2D eigenvalue weighted by atomic mass is 16.5. The number of hydrogen-bond acceptors (Lipinski definition) is 3. The summed E-state index contributed by atoms with van der Waals surface area (Å²) in [4.78, 5) is 23.0. The van der Waals surface area contributed by atoms with E-state index in [9.17, 15) is 9.59 Å². The summed E-state index contributed by atoms with van der Waals surface area (Å²) < 4.78 is 5.29. The van der Waals surface area contributed by atoms with Crippen LogP contribution in [0.25, 0.3) is 10.8 Å². The second-order valence-corrected chi connectivity index (χ2v) is 4.83. The predicted molar refractivity (Wildman–Crippen MR) is 79.7 cm³/mol. The van der Waals surface area contributed by atoms with E-state index in [1.54, 1.807) is 26.2 Å². The van der Waals surface area contributed by atoms with Gasteiger partial charge >= 0.3 is 5.97 Å². The maximum absolute atomic E-state index is 12.3. The number of carbonyl (C=O) groups is 2. The Kier molecular flexibility index (Phi) is 4.42. The van der Waals surface area contributed by atoms with Gasteiger partial charge in [0.25, 0.3) is 5.91 Å². The molecule has 0 aliphatic rings. The molecule has 0 saturated heterocycles. The lowest BCUT2D eigenvalue weighted by molar-refractivity contribution is -0.137. The fourth-order valence-electron chi connectivity index (χ4n) is 2.26. The van der Waals surface area contributed by atoms with Gasteiger partial charge < -0.3 is 15.2 Å². The maximum atomic E-state index is 12.3. The van der Waals surface area contributed by atoms with E-state index in [4.69, 9.17) is 9.84 Å². The van der Waals surface area contributed by atoms with Crippen LogP contribution in [0.4, 0.5) is 0 Å². The first-order chi connectivity index (χ1) is 10.0. The molecule has 0 aromatic heterocycles. The number of nitrogens with one attached hydrogen (secondary N) is 1. The van der Waals surface area contributed by atoms with E-state index >= 15 is 0 Å². The maximum Gasteiger partial charge on any atom is 0.305 e. The van der Waals surface area contributed by atoms with Gasteiger partial charge in [0.2, 0.25) is 0 Å². The van der Waals surface area contributed by atoms with Crippen LogP contribution >= 0.6 is 0 Å². The summed E-state index contributed by atoms with van der Waals surface area (Å²) in [7, 11) is 1.58. The largest absolute Gasteiger partial charge is 0.496 e. The van der Waals surface area contributed by atoms with Crippen LogP contribution in [-0.2, 0) is 4.79 Å². The number of rotatable bonds is 5. The van der Waals surface area contributed by atoms with E-state index in [2.05, 4.69) is 5.32 Å². The second-order valence-electron chi connectivity index (χ2n) is 4.83. The molecule has 1 amide bonds. The number of methoxy groups -OCH3 is 1. The lowest BCUT2D eigenvalue weighted by atomic mass is 10.0. The van der Waals surface area contributed by atoms with Crippen LogP contribution < -0.4 is 10.1 Å². The zero-order valence-corrected chi connectivity index (χ0v) is 11.9. The number of fused-ring (bicyclic) bond motifs is 1. The van der Waals surface area contributed by atoms with Crippen molar-refractivity contribution in [3.05, 3.63) is 42.0 Å². The molecular formula is C16H17NO4.